The first-order valence-corrected chi connectivity index (χ1v) is 10.0. The van der Waals surface area contributed by atoms with Crippen molar-refractivity contribution in [3.05, 3.63) is 65.2 Å². The summed E-state index contributed by atoms with van der Waals surface area (Å²) in [5.41, 5.74) is 1.13. The van der Waals surface area contributed by atoms with Crippen molar-refractivity contribution >= 4 is 6.03 Å². The Morgan fingerprint density at radius 1 is 1.13 bits per heavy atom. The second-order valence-corrected chi connectivity index (χ2v) is 7.18. The minimum atomic E-state index is -0.661. The molecule has 0 unspecified atom stereocenters. The first-order chi connectivity index (χ1) is 14.6. The molecule has 2 aromatic rings. The maximum absolute atomic E-state index is 14.2. The van der Waals surface area contributed by atoms with Gasteiger partial charge >= 0.3 is 6.03 Å². The molecule has 1 aliphatic heterocycles. The van der Waals surface area contributed by atoms with Gasteiger partial charge in [0.15, 0.2) is 0 Å². The van der Waals surface area contributed by atoms with Crippen molar-refractivity contribution in [2.24, 2.45) is 0 Å². The molecule has 5 nitrogen and oxygen atoms in total. The number of halogens is 3. The van der Waals surface area contributed by atoms with E-state index in [0.29, 0.717) is 5.75 Å². The average Bonchev–Trinajstić information content (AvgIpc) is 2.77. The number of hydrogen-bond donors (Lipinski definition) is 2. The average molecular weight is 421 g/mol. The summed E-state index contributed by atoms with van der Waals surface area (Å²) in [6.45, 7) is 1.36. The molecule has 1 saturated heterocycles. The molecule has 162 valence electrons. The van der Waals surface area contributed by atoms with E-state index in [0.717, 1.165) is 37.6 Å². The molecule has 8 heteroatoms. The second kappa shape index (κ2) is 10.9. The van der Waals surface area contributed by atoms with Gasteiger partial charge in [0, 0.05) is 24.2 Å². The van der Waals surface area contributed by atoms with Crippen LogP contribution in [0.3, 0.4) is 0 Å². The Labute approximate surface area is 174 Å². The largest absolute Gasteiger partial charge is 0.491 e. The van der Waals surface area contributed by atoms with Crippen molar-refractivity contribution in [1.29, 1.82) is 0 Å². The van der Waals surface area contributed by atoms with Crippen LogP contribution in [0.1, 0.15) is 24.0 Å². The van der Waals surface area contributed by atoms with Crippen molar-refractivity contribution in [3.63, 3.8) is 0 Å². The van der Waals surface area contributed by atoms with Crippen LogP contribution < -0.4 is 15.4 Å². The van der Waals surface area contributed by atoms with E-state index in [2.05, 4.69) is 10.6 Å². The summed E-state index contributed by atoms with van der Waals surface area (Å²) >= 11 is 0. The summed E-state index contributed by atoms with van der Waals surface area (Å²) in [5, 5.41) is 6.13. The molecule has 0 aromatic heterocycles. The minimum Gasteiger partial charge on any atom is -0.491 e. The Morgan fingerprint density at radius 2 is 1.87 bits per heavy atom. The zero-order chi connectivity index (χ0) is 21.3. The summed E-state index contributed by atoms with van der Waals surface area (Å²) in [7, 11) is 0. The lowest BCUT2D eigenvalue weighted by Crippen LogP contribution is -2.49. The van der Waals surface area contributed by atoms with Gasteiger partial charge in [-0.1, -0.05) is 18.2 Å². The minimum absolute atomic E-state index is 0.00122. The highest BCUT2D eigenvalue weighted by Crippen LogP contribution is 2.19. The summed E-state index contributed by atoms with van der Waals surface area (Å²) in [6.07, 6.45) is 1.52. The fourth-order valence-electron chi connectivity index (χ4n) is 3.46. The Morgan fingerprint density at radius 3 is 2.53 bits per heavy atom. The fourth-order valence-corrected chi connectivity index (χ4v) is 3.46. The van der Waals surface area contributed by atoms with Crippen LogP contribution in [-0.4, -0.2) is 43.3 Å². The predicted molar refractivity (Wildman–Crippen MR) is 108 cm³/mol. The van der Waals surface area contributed by atoms with Crippen LogP contribution in [0.2, 0.25) is 0 Å². The standard InChI is InChI=1S/C22H26F3N3O2/c23-9-12-30-20-5-1-16(2-6-20)14-27-22(29)28(19-7-10-26-11-8-19)15-17-3-4-18(24)13-21(17)25/h1-6,13,19,26H,7-12,14-15H2,(H,27,29). The molecule has 2 amide bonds. The van der Waals surface area contributed by atoms with Gasteiger partial charge in [-0.3, -0.25) is 0 Å². The normalized spacial score (nSPS) is 14.4. The van der Waals surface area contributed by atoms with Gasteiger partial charge in [0.25, 0.3) is 0 Å². The summed E-state index contributed by atoms with van der Waals surface area (Å²) < 4.78 is 44.8. The molecule has 0 atom stereocenters. The van der Waals surface area contributed by atoms with Crippen LogP contribution in [0.15, 0.2) is 42.5 Å². The third-order valence-electron chi connectivity index (χ3n) is 5.08. The van der Waals surface area contributed by atoms with Gasteiger partial charge in [0.1, 0.15) is 30.7 Å². The van der Waals surface area contributed by atoms with Crippen molar-refractivity contribution in [2.75, 3.05) is 26.4 Å². The number of nitrogens with zero attached hydrogens (tertiary/aromatic N) is 1. The molecule has 0 saturated carbocycles. The summed E-state index contributed by atoms with van der Waals surface area (Å²) in [4.78, 5) is 14.6. The Hall–Kier alpha value is -2.74. The van der Waals surface area contributed by atoms with Gasteiger partial charge < -0.3 is 20.3 Å². The number of alkyl halides is 1. The van der Waals surface area contributed by atoms with E-state index in [1.54, 1.807) is 29.2 Å². The smallest absolute Gasteiger partial charge is 0.318 e. The topological polar surface area (TPSA) is 53.6 Å². The molecular weight excluding hydrogens is 395 g/mol. The molecule has 0 spiro atoms. The lowest BCUT2D eigenvalue weighted by Gasteiger charge is -2.35. The van der Waals surface area contributed by atoms with E-state index in [1.165, 1.54) is 12.1 Å². The number of urea groups is 1. The molecule has 0 bridgehead atoms. The SMILES string of the molecule is O=C(NCc1ccc(OCCF)cc1)N(Cc1ccc(F)cc1F)C1CCNCC1. The number of carbonyl (C=O) groups is 1. The number of amides is 2. The Kier molecular flexibility index (Phi) is 7.96. The molecule has 0 radical (unpaired) electrons. The third-order valence-corrected chi connectivity index (χ3v) is 5.08. The summed E-state index contributed by atoms with van der Waals surface area (Å²) in [6, 6.07) is 10.1. The molecule has 30 heavy (non-hydrogen) atoms. The van der Waals surface area contributed by atoms with Crippen molar-refractivity contribution in [2.45, 2.75) is 32.0 Å². The molecule has 1 fully saturated rings. The number of piperidine rings is 1. The van der Waals surface area contributed by atoms with E-state index in [-0.39, 0.29) is 37.3 Å². The first kappa shape index (κ1) is 22.0. The van der Waals surface area contributed by atoms with Gasteiger partial charge in [-0.15, -0.1) is 0 Å². The van der Waals surface area contributed by atoms with Crippen LogP contribution in [0.4, 0.5) is 18.0 Å². The number of ether oxygens (including phenoxy) is 1. The monoisotopic (exact) mass is 421 g/mol. The van der Waals surface area contributed by atoms with Gasteiger partial charge in [-0.2, -0.15) is 0 Å². The number of rotatable bonds is 8. The second-order valence-electron chi connectivity index (χ2n) is 7.18. The van der Waals surface area contributed by atoms with E-state index < -0.39 is 18.3 Å². The van der Waals surface area contributed by atoms with Crippen molar-refractivity contribution < 1.29 is 22.7 Å². The van der Waals surface area contributed by atoms with Crippen LogP contribution >= 0.6 is 0 Å². The molecule has 1 aliphatic rings. The maximum atomic E-state index is 14.2. The first-order valence-electron chi connectivity index (χ1n) is 10.0. The lowest BCUT2D eigenvalue weighted by atomic mass is 10.0. The zero-order valence-corrected chi connectivity index (χ0v) is 16.7. The number of carbonyl (C=O) groups excluding carboxylic acids is 1. The zero-order valence-electron chi connectivity index (χ0n) is 16.7. The lowest BCUT2D eigenvalue weighted by molar-refractivity contribution is 0.153. The van der Waals surface area contributed by atoms with E-state index in [4.69, 9.17) is 4.74 Å². The molecule has 2 aromatic carbocycles. The summed E-state index contributed by atoms with van der Waals surface area (Å²) in [5.74, 6) is -0.746. The van der Waals surface area contributed by atoms with Crippen LogP contribution in [0, 0.1) is 11.6 Å². The molecule has 1 heterocycles. The maximum Gasteiger partial charge on any atom is 0.318 e. The highest BCUT2D eigenvalue weighted by Gasteiger charge is 2.26. The number of benzene rings is 2. The van der Waals surface area contributed by atoms with Crippen LogP contribution in [0.25, 0.3) is 0 Å². The number of nitrogens with one attached hydrogen (secondary N) is 2. The number of hydrogen-bond acceptors (Lipinski definition) is 3. The van der Waals surface area contributed by atoms with Crippen LogP contribution in [0.5, 0.6) is 5.75 Å². The fraction of sp³-hybridized carbons (Fsp3) is 0.409. The van der Waals surface area contributed by atoms with Gasteiger partial charge in [0.05, 0.1) is 6.54 Å². The Balaban J connectivity index is 1.65. The van der Waals surface area contributed by atoms with Crippen LogP contribution in [-0.2, 0) is 13.1 Å². The predicted octanol–water partition coefficient (Wildman–Crippen LogP) is 3.78. The third kappa shape index (κ3) is 6.13. The molecule has 3 rings (SSSR count). The van der Waals surface area contributed by atoms with E-state index in [1.807, 2.05) is 0 Å². The van der Waals surface area contributed by atoms with E-state index in [9.17, 15) is 18.0 Å². The quantitative estimate of drug-likeness (QED) is 0.682. The molecular formula is C22H26F3N3O2. The molecule has 0 aliphatic carbocycles. The highest BCUT2D eigenvalue weighted by atomic mass is 19.1. The van der Waals surface area contributed by atoms with Gasteiger partial charge in [-0.05, 0) is 49.7 Å². The molecule has 2 N–H and O–H groups in total. The Bertz CT molecular complexity index is 827. The highest BCUT2D eigenvalue weighted by molar-refractivity contribution is 5.74. The van der Waals surface area contributed by atoms with Gasteiger partial charge in [0.2, 0.25) is 0 Å². The van der Waals surface area contributed by atoms with Gasteiger partial charge in [-0.25, -0.2) is 18.0 Å². The van der Waals surface area contributed by atoms with Crippen molar-refractivity contribution in [3.8, 4) is 5.75 Å². The van der Waals surface area contributed by atoms with Crippen molar-refractivity contribution in [1.82, 2.24) is 15.5 Å². The van der Waals surface area contributed by atoms with E-state index >= 15 is 0 Å².